The molecule has 4 rings (SSSR count). The van der Waals surface area contributed by atoms with Crippen molar-refractivity contribution in [2.75, 3.05) is 33.3 Å². The molecule has 8 nitrogen and oxygen atoms in total. The van der Waals surface area contributed by atoms with E-state index in [0.717, 1.165) is 69.8 Å². The molecule has 0 spiro atoms. The van der Waals surface area contributed by atoms with Crippen LogP contribution in [-0.4, -0.2) is 69.9 Å². The highest BCUT2D eigenvalue weighted by Crippen LogP contribution is 2.26. The maximum atomic E-state index is 13.1. The van der Waals surface area contributed by atoms with Gasteiger partial charge < -0.3 is 9.74 Å². The lowest BCUT2D eigenvalue weighted by Gasteiger charge is -2.37. The van der Waals surface area contributed by atoms with Crippen LogP contribution < -0.4 is 0 Å². The number of carbonyl (C=O) groups excluding carboxylic acids is 1. The first-order valence-corrected chi connectivity index (χ1v) is 10.8. The van der Waals surface area contributed by atoms with E-state index < -0.39 is 0 Å². The van der Waals surface area contributed by atoms with Crippen LogP contribution in [0.4, 0.5) is 0 Å². The fraction of sp³-hybridized carbons (Fsp3) is 0.545. The first-order valence-electron chi connectivity index (χ1n) is 10.8. The number of oxime groups is 1. The second-order valence-corrected chi connectivity index (χ2v) is 8.13. The smallest absolute Gasteiger partial charge is 0.225 e. The number of nitrogens with one attached hydrogen (secondary N) is 1. The first kappa shape index (κ1) is 20.5. The number of pyridine rings is 1. The van der Waals surface area contributed by atoms with Crippen LogP contribution in [0.2, 0.25) is 0 Å². The van der Waals surface area contributed by atoms with Gasteiger partial charge in [-0.1, -0.05) is 11.2 Å². The van der Waals surface area contributed by atoms with Crippen LogP contribution in [-0.2, 0) is 16.2 Å². The largest absolute Gasteiger partial charge is 0.399 e. The van der Waals surface area contributed by atoms with E-state index in [-0.39, 0.29) is 11.8 Å². The maximum absolute atomic E-state index is 13.1. The van der Waals surface area contributed by atoms with Gasteiger partial charge in [-0.15, -0.1) is 0 Å². The number of aromatic nitrogens is 3. The van der Waals surface area contributed by atoms with Gasteiger partial charge in [-0.3, -0.25) is 19.8 Å². The van der Waals surface area contributed by atoms with Gasteiger partial charge in [-0.2, -0.15) is 5.10 Å². The van der Waals surface area contributed by atoms with Crippen molar-refractivity contribution in [3.8, 4) is 0 Å². The zero-order valence-electron chi connectivity index (χ0n) is 17.5. The summed E-state index contributed by atoms with van der Waals surface area (Å²) in [6.45, 7) is 4.37. The molecule has 2 aliphatic heterocycles. The predicted octanol–water partition coefficient (Wildman–Crippen LogP) is 2.31. The number of nitrogens with zero attached hydrogens (tertiary/aromatic N) is 5. The Kier molecular flexibility index (Phi) is 6.74. The highest BCUT2D eigenvalue weighted by Gasteiger charge is 2.32. The van der Waals surface area contributed by atoms with Crippen molar-refractivity contribution in [2.24, 2.45) is 17.0 Å². The highest BCUT2D eigenvalue weighted by molar-refractivity contribution is 6.00. The zero-order valence-corrected chi connectivity index (χ0v) is 17.5. The Balaban J connectivity index is 1.28. The fourth-order valence-electron chi connectivity index (χ4n) is 4.53. The number of hydrogen-bond acceptors (Lipinski definition) is 6. The number of aromatic amines is 1. The molecule has 1 N–H and O–H groups in total. The van der Waals surface area contributed by atoms with Crippen molar-refractivity contribution in [2.45, 2.75) is 32.2 Å². The van der Waals surface area contributed by atoms with Crippen LogP contribution in [0.15, 0.2) is 41.9 Å². The molecule has 2 saturated heterocycles. The van der Waals surface area contributed by atoms with Gasteiger partial charge in [0, 0.05) is 49.4 Å². The molecule has 2 aromatic heterocycles. The summed E-state index contributed by atoms with van der Waals surface area (Å²) in [5, 5.41) is 11.1. The molecule has 0 aliphatic carbocycles. The summed E-state index contributed by atoms with van der Waals surface area (Å²) in [4.78, 5) is 27.0. The molecule has 4 heterocycles. The second kappa shape index (κ2) is 9.84. The molecule has 2 aromatic rings. The SMILES string of the molecule is CO/N=C(/c1ccccn1)C1CCN(C(=O)C2CCN(Cc3cn[nH]c3)CC2)CC1. The number of rotatable bonds is 6. The van der Waals surface area contributed by atoms with Gasteiger partial charge in [0.25, 0.3) is 0 Å². The Labute approximate surface area is 177 Å². The topological polar surface area (TPSA) is 86.7 Å². The lowest BCUT2D eigenvalue weighted by Crippen LogP contribution is -2.46. The quantitative estimate of drug-likeness (QED) is 0.583. The molecule has 0 atom stereocenters. The van der Waals surface area contributed by atoms with Crippen LogP contribution in [0.25, 0.3) is 0 Å². The molecule has 0 saturated carbocycles. The zero-order chi connectivity index (χ0) is 20.8. The molecule has 160 valence electrons. The number of H-pyrrole nitrogens is 1. The van der Waals surface area contributed by atoms with E-state index in [1.165, 1.54) is 5.56 Å². The minimum absolute atomic E-state index is 0.144. The van der Waals surface area contributed by atoms with Crippen LogP contribution in [0.5, 0.6) is 0 Å². The van der Waals surface area contributed by atoms with Gasteiger partial charge in [0.2, 0.25) is 5.91 Å². The third kappa shape index (κ3) is 4.87. The van der Waals surface area contributed by atoms with Crippen molar-refractivity contribution < 1.29 is 9.63 Å². The third-order valence-electron chi connectivity index (χ3n) is 6.21. The first-order chi connectivity index (χ1) is 14.7. The molecular weight excluding hydrogens is 380 g/mol. The molecule has 2 fully saturated rings. The second-order valence-electron chi connectivity index (χ2n) is 8.13. The number of hydrogen-bond donors (Lipinski definition) is 1. The molecule has 2 aliphatic rings. The number of carbonyl (C=O) groups is 1. The van der Waals surface area contributed by atoms with Gasteiger partial charge >= 0.3 is 0 Å². The fourth-order valence-corrected chi connectivity index (χ4v) is 4.53. The van der Waals surface area contributed by atoms with Gasteiger partial charge in [0.1, 0.15) is 12.8 Å². The van der Waals surface area contributed by atoms with Crippen LogP contribution in [0.1, 0.15) is 36.9 Å². The van der Waals surface area contributed by atoms with Crippen molar-refractivity contribution in [1.82, 2.24) is 25.0 Å². The molecule has 0 bridgehead atoms. The third-order valence-corrected chi connectivity index (χ3v) is 6.21. The highest BCUT2D eigenvalue weighted by atomic mass is 16.6. The Hall–Kier alpha value is -2.74. The number of piperidine rings is 2. The molecular formula is C22H30N6O2. The van der Waals surface area contributed by atoms with E-state index in [0.29, 0.717) is 5.91 Å². The average Bonchev–Trinajstić information content (AvgIpc) is 3.31. The summed E-state index contributed by atoms with van der Waals surface area (Å²) < 4.78 is 0. The molecule has 0 unspecified atom stereocenters. The lowest BCUT2D eigenvalue weighted by atomic mass is 9.88. The minimum atomic E-state index is 0.144. The van der Waals surface area contributed by atoms with E-state index in [1.54, 1.807) is 13.3 Å². The Morgan fingerprint density at radius 3 is 2.57 bits per heavy atom. The number of likely N-dealkylation sites (tertiary alicyclic amines) is 2. The standard InChI is InChI=1S/C22H30N6O2/c1-30-26-21(20-4-2-3-9-23-20)18-7-12-28(13-8-18)22(29)19-5-10-27(11-6-19)16-17-14-24-25-15-17/h2-4,9,14-15,18-19H,5-8,10-13,16H2,1H3,(H,24,25)/b26-21+. The lowest BCUT2D eigenvalue weighted by molar-refractivity contribution is -0.138. The number of amides is 1. The van der Waals surface area contributed by atoms with Crippen LogP contribution in [0, 0.1) is 11.8 Å². The van der Waals surface area contributed by atoms with Crippen molar-refractivity contribution in [3.05, 3.63) is 48.0 Å². The van der Waals surface area contributed by atoms with Gasteiger partial charge in [0.15, 0.2) is 0 Å². The monoisotopic (exact) mass is 410 g/mol. The van der Waals surface area contributed by atoms with Crippen molar-refractivity contribution >= 4 is 11.6 Å². The van der Waals surface area contributed by atoms with E-state index in [2.05, 4.69) is 30.1 Å². The summed E-state index contributed by atoms with van der Waals surface area (Å²) in [6, 6.07) is 5.83. The average molecular weight is 411 g/mol. The summed E-state index contributed by atoms with van der Waals surface area (Å²) in [6.07, 6.45) is 9.23. The molecule has 30 heavy (non-hydrogen) atoms. The summed E-state index contributed by atoms with van der Waals surface area (Å²) in [5.41, 5.74) is 2.94. The molecule has 8 heteroatoms. The van der Waals surface area contributed by atoms with Gasteiger partial charge in [-0.05, 0) is 50.9 Å². The van der Waals surface area contributed by atoms with Crippen molar-refractivity contribution in [1.29, 1.82) is 0 Å². The minimum Gasteiger partial charge on any atom is -0.399 e. The predicted molar refractivity (Wildman–Crippen MR) is 114 cm³/mol. The molecule has 1 amide bonds. The van der Waals surface area contributed by atoms with Gasteiger partial charge in [0.05, 0.1) is 11.9 Å². The van der Waals surface area contributed by atoms with E-state index in [1.807, 2.05) is 30.6 Å². The molecule has 0 aromatic carbocycles. The summed E-state index contributed by atoms with van der Waals surface area (Å²) in [5.74, 6) is 0.727. The summed E-state index contributed by atoms with van der Waals surface area (Å²) in [7, 11) is 1.57. The van der Waals surface area contributed by atoms with E-state index >= 15 is 0 Å². The molecule has 0 radical (unpaired) electrons. The van der Waals surface area contributed by atoms with Gasteiger partial charge in [-0.25, -0.2) is 0 Å². The van der Waals surface area contributed by atoms with Crippen LogP contribution >= 0.6 is 0 Å². The maximum Gasteiger partial charge on any atom is 0.225 e. The summed E-state index contributed by atoms with van der Waals surface area (Å²) >= 11 is 0. The Bertz CT molecular complexity index is 823. The normalized spacial score (nSPS) is 19.8. The van der Waals surface area contributed by atoms with E-state index in [4.69, 9.17) is 4.84 Å². The van der Waals surface area contributed by atoms with E-state index in [9.17, 15) is 4.79 Å². The van der Waals surface area contributed by atoms with Crippen molar-refractivity contribution in [3.63, 3.8) is 0 Å². The Morgan fingerprint density at radius 2 is 1.93 bits per heavy atom. The Morgan fingerprint density at radius 1 is 1.17 bits per heavy atom. The van der Waals surface area contributed by atoms with Crippen LogP contribution in [0.3, 0.4) is 0 Å².